The summed E-state index contributed by atoms with van der Waals surface area (Å²) in [6, 6.07) is 1.41. The second-order valence-electron chi connectivity index (χ2n) is 1.51. The fourth-order valence-electron chi connectivity index (χ4n) is 0.425. The number of aromatic nitrogens is 2. The van der Waals surface area contributed by atoms with Crippen LogP contribution in [0.3, 0.4) is 0 Å². The molecule has 1 rings (SSSR count). The van der Waals surface area contributed by atoms with Crippen molar-refractivity contribution in [1.82, 2.24) is 9.97 Å². The largest absolute Gasteiger partial charge is 0.341 e. The first-order valence-corrected chi connectivity index (χ1v) is 2.23. The standard InChI is InChI=1S/C5H5N2O/c1-4-2-5(8)7-3-6-4/h2H,1H3,(H,6,7,8). The number of H-pyrrole nitrogens is 1. The topological polar surface area (TPSA) is 45.8 Å². The third-order valence-corrected chi connectivity index (χ3v) is 0.759. The van der Waals surface area contributed by atoms with E-state index in [1.54, 1.807) is 6.92 Å². The van der Waals surface area contributed by atoms with Crippen molar-refractivity contribution in [2.24, 2.45) is 0 Å². The second kappa shape index (κ2) is 1.78. The summed E-state index contributed by atoms with van der Waals surface area (Å²) in [7, 11) is 0. The predicted molar refractivity (Wildman–Crippen MR) is 28.4 cm³/mol. The molecule has 3 heteroatoms. The number of nitrogens with one attached hydrogen (secondary N) is 1. The van der Waals surface area contributed by atoms with Crippen molar-refractivity contribution < 1.29 is 0 Å². The van der Waals surface area contributed by atoms with Crippen molar-refractivity contribution in [3.8, 4) is 0 Å². The summed E-state index contributed by atoms with van der Waals surface area (Å²) in [5, 5.41) is 0. The van der Waals surface area contributed by atoms with Gasteiger partial charge >= 0.3 is 0 Å². The molecule has 1 radical (unpaired) electrons. The van der Waals surface area contributed by atoms with Gasteiger partial charge in [0.05, 0.1) is 0 Å². The first kappa shape index (κ1) is 5.03. The van der Waals surface area contributed by atoms with Gasteiger partial charge in [0, 0.05) is 11.8 Å². The van der Waals surface area contributed by atoms with Crippen LogP contribution in [0.15, 0.2) is 10.9 Å². The third kappa shape index (κ3) is 0.932. The van der Waals surface area contributed by atoms with Crippen LogP contribution < -0.4 is 5.56 Å². The van der Waals surface area contributed by atoms with Crippen LogP contribution in [0.2, 0.25) is 0 Å². The number of hydrogen-bond donors (Lipinski definition) is 1. The number of hydrogen-bond acceptors (Lipinski definition) is 2. The molecule has 0 saturated heterocycles. The Morgan fingerprint density at radius 2 is 2.62 bits per heavy atom. The number of aromatic amines is 1. The maximum absolute atomic E-state index is 10.3. The van der Waals surface area contributed by atoms with Crippen molar-refractivity contribution >= 4 is 0 Å². The van der Waals surface area contributed by atoms with Gasteiger partial charge in [-0.05, 0) is 6.92 Å². The van der Waals surface area contributed by atoms with E-state index in [-0.39, 0.29) is 5.56 Å². The van der Waals surface area contributed by atoms with E-state index in [1.165, 1.54) is 6.07 Å². The van der Waals surface area contributed by atoms with E-state index >= 15 is 0 Å². The van der Waals surface area contributed by atoms with Crippen LogP contribution in [-0.2, 0) is 0 Å². The van der Waals surface area contributed by atoms with Crippen LogP contribution in [0.4, 0.5) is 0 Å². The molecule has 0 aliphatic carbocycles. The van der Waals surface area contributed by atoms with Crippen LogP contribution in [0.25, 0.3) is 0 Å². The van der Waals surface area contributed by atoms with Gasteiger partial charge in [-0.25, -0.2) is 0 Å². The molecule has 8 heavy (non-hydrogen) atoms. The molecule has 3 nitrogen and oxygen atoms in total. The lowest BCUT2D eigenvalue weighted by Crippen LogP contribution is -2.04. The predicted octanol–water partition coefficient (Wildman–Crippen LogP) is -0.121. The zero-order chi connectivity index (χ0) is 5.98. The van der Waals surface area contributed by atoms with Gasteiger partial charge in [-0.3, -0.25) is 4.79 Å². The maximum Gasteiger partial charge on any atom is 0.273 e. The average Bonchev–Trinajstić information content (AvgIpc) is 1.64. The zero-order valence-electron chi connectivity index (χ0n) is 4.43. The van der Waals surface area contributed by atoms with Gasteiger partial charge < -0.3 is 4.98 Å². The van der Waals surface area contributed by atoms with E-state index in [9.17, 15) is 4.79 Å². The first-order chi connectivity index (χ1) is 3.79. The molecular formula is C5H5N2O. The Balaban J connectivity index is 3.28. The zero-order valence-corrected chi connectivity index (χ0v) is 4.43. The Hall–Kier alpha value is -1.12. The number of aryl methyl sites for hydroxylation is 1. The van der Waals surface area contributed by atoms with Crippen LogP contribution >= 0.6 is 0 Å². The Morgan fingerprint density at radius 1 is 1.88 bits per heavy atom. The minimum Gasteiger partial charge on any atom is -0.341 e. The van der Waals surface area contributed by atoms with Crippen LogP contribution in [0, 0.1) is 13.3 Å². The molecule has 1 heterocycles. The minimum absolute atomic E-state index is 0.249. The van der Waals surface area contributed by atoms with Gasteiger partial charge in [0.25, 0.3) is 5.56 Å². The van der Waals surface area contributed by atoms with Crippen molar-refractivity contribution in [1.29, 1.82) is 0 Å². The molecule has 1 aromatic heterocycles. The van der Waals surface area contributed by atoms with Gasteiger partial charge in [0.1, 0.15) is 0 Å². The molecule has 0 unspecified atom stereocenters. The maximum atomic E-state index is 10.3. The summed E-state index contributed by atoms with van der Waals surface area (Å²) >= 11 is 0. The normalized spacial score (nSPS) is 9.12. The van der Waals surface area contributed by atoms with E-state index in [4.69, 9.17) is 0 Å². The Kier molecular flexibility index (Phi) is 1.12. The molecule has 0 bridgehead atoms. The van der Waals surface area contributed by atoms with Crippen LogP contribution in [0.1, 0.15) is 5.69 Å². The number of rotatable bonds is 0. The molecule has 0 spiro atoms. The first-order valence-electron chi connectivity index (χ1n) is 2.23. The van der Waals surface area contributed by atoms with Gasteiger partial charge in [-0.1, -0.05) is 0 Å². The van der Waals surface area contributed by atoms with E-state index in [0.717, 1.165) is 5.69 Å². The second-order valence-corrected chi connectivity index (χ2v) is 1.51. The highest BCUT2D eigenvalue weighted by molar-refractivity contribution is 4.93. The molecule has 0 aliphatic heterocycles. The SMILES string of the molecule is Cc1cc(=O)n[c][nH]1. The molecule has 0 amide bonds. The Labute approximate surface area is 46.4 Å². The highest BCUT2D eigenvalue weighted by Crippen LogP contribution is 1.76. The molecule has 41 valence electrons. The molecule has 0 atom stereocenters. The van der Waals surface area contributed by atoms with E-state index in [2.05, 4.69) is 16.3 Å². The van der Waals surface area contributed by atoms with Crippen molar-refractivity contribution in [3.63, 3.8) is 0 Å². The van der Waals surface area contributed by atoms with Gasteiger partial charge in [-0.2, -0.15) is 4.98 Å². The Bertz CT molecular complexity index is 228. The summed E-state index contributed by atoms with van der Waals surface area (Å²) in [5.41, 5.74) is 0.534. The minimum atomic E-state index is -0.249. The third-order valence-electron chi connectivity index (χ3n) is 0.759. The lowest BCUT2D eigenvalue weighted by atomic mass is 10.5. The Morgan fingerprint density at radius 3 is 3.00 bits per heavy atom. The van der Waals surface area contributed by atoms with Gasteiger partial charge in [0.2, 0.25) is 0 Å². The summed E-state index contributed by atoms with van der Waals surface area (Å²) in [5.74, 6) is 0. The quantitative estimate of drug-likeness (QED) is 0.504. The lowest BCUT2D eigenvalue weighted by molar-refractivity contribution is 1.05. The van der Waals surface area contributed by atoms with E-state index < -0.39 is 0 Å². The molecule has 0 saturated carbocycles. The van der Waals surface area contributed by atoms with Crippen molar-refractivity contribution in [3.05, 3.63) is 28.4 Å². The van der Waals surface area contributed by atoms with E-state index in [0.29, 0.717) is 0 Å². The van der Waals surface area contributed by atoms with E-state index in [1.807, 2.05) is 0 Å². The molecule has 1 aromatic rings. The lowest BCUT2D eigenvalue weighted by Gasteiger charge is -1.83. The molecule has 0 fully saturated rings. The average molecular weight is 109 g/mol. The van der Waals surface area contributed by atoms with Crippen molar-refractivity contribution in [2.45, 2.75) is 6.92 Å². The molecular weight excluding hydrogens is 104 g/mol. The fourth-order valence-corrected chi connectivity index (χ4v) is 0.425. The monoisotopic (exact) mass is 109 g/mol. The van der Waals surface area contributed by atoms with Crippen molar-refractivity contribution in [2.75, 3.05) is 0 Å². The van der Waals surface area contributed by atoms with Crippen LogP contribution in [-0.4, -0.2) is 9.97 Å². The van der Waals surface area contributed by atoms with Gasteiger partial charge in [-0.15, -0.1) is 0 Å². The molecule has 0 aliphatic rings. The number of nitrogens with zero attached hydrogens (tertiary/aromatic N) is 1. The summed E-state index contributed by atoms with van der Waals surface area (Å²) < 4.78 is 0. The highest BCUT2D eigenvalue weighted by Gasteiger charge is 1.82. The highest BCUT2D eigenvalue weighted by atomic mass is 16.1. The van der Waals surface area contributed by atoms with Gasteiger partial charge in [0.15, 0.2) is 6.33 Å². The molecule has 0 aromatic carbocycles. The fraction of sp³-hybridized carbons (Fsp3) is 0.200. The smallest absolute Gasteiger partial charge is 0.273 e. The summed E-state index contributed by atoms with van der Waals surface area (Å²) in [6.07, 6.45) is 2.34. The van der Waals surface area contributed by atoms with Crippen LogP contribution in [0.5, 0.6) is 0 Å². The summed E-state index contributed by atoms with van der Waals surface area (Å²) in [6.45, 7) is 1.78. The molecule has 1 N–H and O–H groups in total. The summed E-state index contributed by atoms with van der Waals surface area (Å²) in [4.78, 5) is 16.3.